The van der Waals surface area contributed by atoms with Gasteiger partial charge in [-0.25, -0.2) is 4.98 Å². The van der Waals surface area contributed by atoms with Gasteiger partial charge >= 0.3 is 0 Å². The van der Waals surface area contributed by atoms with Crippen molar-refractivity contribution in [2.45, 2.75) is 51.1 Å². The topological polar surface area (TPSA) is 62.1 Å². The van der Waals surface area contributed by atoms with E-state index in [0.29, 0.717) is 24.9 Å². The Kier molecular flexibility index (Phi) is 3.62. The largest absolute Gasteiger partial charge is 0.464 e. The Morgan fingerprint density at radius 3 is 2.96 bits per heavy atom. The fourth-order valence-corrected chi connectivity index (χ4v) is 3.80. The van der Waals surface area contributed by atoms with Crippen molar-refractivity contribution in [3.63, 3.8) is 0 Å². The lowest BCUT2D eigenvalue weighted by molar-refractivity contribution is -0.131. The molecule has 134 valence electrons. The van der Waals surface area contributed by atoms with Gasteiger partial charge in [-0.15, -0.1) is 0 Å². The molecule has 0 aromatic carbocycles. The van der Waals surface area contributed by atoms with Crippen LogP contribution >= 0.6 is 0 Å². The van der Waals surface area contributed by atoms with Gasteiger partial charge in [-0.05, 0) is 55.0 Å². The summed E-state index contributed by atoms with van der Waals surface area (Å²) in [5, 5.41) is 1.03. The number of furan rings is 1. The number of nitrogens with one attached hydrogen (secondary N) is 1. The molecule has 2 aliphatic carbocycles. The Hall–Kier alpha value is -2.56. The minimum Gasteiger partial charge on any atom is -0.464 e. The van der Waals surface area contributed by atoms with E-state index in [4.69, 9.17) is 4.42 Å². The Morgan fingerprint density at radius 1 is 1.35 bits per heavy atom. The van der Waals surface area contributed by atoms with Crippen molar-refractivity contribution in [3.05, 3.63) is 53.7 Å². The van der Waals surface area contributed by atoms with Gasteiger partial charge in [0.1, 0.15) is 17.2 Å². The van der Waals surface area contributed by atoms with Gasteiger partial charge in [0.25, 0.3) is 0 Å². The summed E-state index contributed by atoms with van der Waals surface area (Å²) in [5.74, 6) is 3.45. The lowest BCUT2D eigenvalue weighted by Crippen LogP contribution is -2.33. The number of aromatic nitrogens is 2. The molecule has 2 aliphatic rings. The number of rotatable bonds is 6. The molecule has 0 bridgehead atoms. The molecular weight excluding hydrogens is 326 g/mol. The summed E-state index contributed by atoms with van der Waals surface area (Å²) in [7, 11) is 0. The average Bonchev–Trinajstić information content (AvgIpc) is 3.53. The molecule has 3 aromatic rings. The van der Waals surface area contributed by atoms with Crippen molar-refractivity contribution < 1.29 is 9.21 Å². The lowest BCUT2D eigenvalue weighted by Gasteiger charge is -2.21. The van der Waals surface area contributed by atoms with Crippen molar-refractivity contribution in [3.8, 4) is 0 Å². The van der Waals surface area contributed by atoms with Crippen molar-refractivity contribution in [2.24, 2.45) is 5.92 Å². The molecule has 3 heterocycles. The van der Waals surface area contributed by atoms with Gasteiger partial charge in [-0.1, -0.05) is 6.92 Å². The number of amides is 1. The van der Waals surface area contributed by atoms with Gasteiger partial charge in [0, 0.05) is 29.7 Å². The van der Waals surface area contributed by atoms with E-state index < -0.39 is 0 Å². The highest BCUT2D eigenvalue weighted by Gasteiger charge is 2.37. The van der Waals surface area contributed by atoms with Crippen LogP contribution in [0.5, 0.6) is 0 Å². The Balaban J connectivity index is 1.32. The van der Waals surface area contributed by atoms with Crippen LogP contribution in [-0.2, 0) is 17.8 Å². The summed E-state index contributed by atoms with van der Waals surface area (Å²) >= 11 is 0. The number of hydrogen-bond donors (Lipinski definition) is 1. The second kappa shape index (κ2) is 6.01. The highest BCUT2D eigenvalue weighted by Crippen LogP contribution is 2.47. The second-order valence-corrected chi connectivity index (χ2v) is 7.77. The highest BCUT2D eigenvalue weighted by molar-refractivity contribution is 5.87. The lowest BCUT2D eigenvalue weighted by atomic mass is 10.1. The first kappa shape index (κ1) is 15.7. The highest BCUT2D eigenvalue weighted by atomic mass is 16.3. The molecule has 1 N–H and O–H groups in total. The van der Waals surface area contributed by atoms with E-state index >= 15 is 0 Å². The number of fused-ring (bicyclic) bond motifs is 1. The molecule has 0 unspecified atom stereocenters. The quantitative estimate of drug-likeness (QED) is 0.731. The normalized spacial score (nSPS) is 21.9. The molecule has 3 aromatic heterocycles. The monoisotopic (exact) mass is 349 g/mol. The number of carbonyl (C=O) groups is 1. The number of H-pyrrole nitrogens is 1. The van der Waals surface area contributed by atoms with Crippen LogP contribution in [0, 0.1) is 5.92 Å². The molecule has 2 saturated carbocycles. The van der Waals surface area contributed by atoms with Gasteiger partial charge in [-0.3, -0.25) is 4.79 Å². The fraction of sp³-hybridized carbons (Fsp3) is 0.429. The maximum atomic E-state index is 13.0. The number of aromatic amines is 1. The predicted molar refractivity (Wildman–Crippen MR) is 98.6 cm³/mol. The van der Waals surface area contributed by atoms with E-state index in [1.807, 2.05) is 29.3 Å². The van der Waals surface area contributed by atoms with Gasteiger partial charge in [0.2, 0.25) is 5.91 Å². The van der Waals surface area contributed by atoms with E-state index in [-0.39, 0.29) is 5.91 Å². The molecule has 0 radical (unpaired) electrons. The first-order valence-corrected chi connectivity index (χ1v) is 9.48. The minimum absolute atomic E-state index is 0.162. The van der Waals surface area contributed by atoms with Crippen LogP contribution in [0.15, 0.2) is 41.1 Å². The van der Waals surface area contributed by atoms with E-state index in [1.165, 1.54) is 6.42 Å². The van der Waals surface area contributed by atoms with E-state index in [2.05, 4.69) is 23.0 Å². The standard InChI is InChI=1S/C21H23N3O2/c1-13-9-18(13)19-7-6-16(26-19)12-24(15-4-5-15)20(25)10-14-11-23-21-17(14)3-2-8-22-21/h2-3,6-8,11,13,15,18H,4-5,9-10,12H2,1H3,(H,22,23)/t13-,18-/m1/s1. The van der Waals surface area contributed by atoms with E-state index in [9.17, 15) is 4.79 Å². The third kappa shape index (κ3) is 2.91. The molecule has 1 amide bonds. The van der Waals surface area contributed by atoms with Crippen molar-refractivity contribution in [2.75, 3.05) is 0 Å². The Morgan fingerprint density at radius 2 is 2.19 bits per heavy atom. The summed E-state index contributed by atoms with van der Waals surface area (Å²) in [6, 6.07) is 8.41. The van der Waals surface area contributed by atoms with E-state index in [1.54, 1.807) is 6.20 Å². The van der Waals surface area contributed by atoms with Crippen LogP contribution in [0.3, 0.4) is 0 Å². The number of hydrogen-bond acceptors (Lipinski definition) is 3. The van der Waals surface area contributed by atoms with Gasteiger partial charge in [0.15, 0.2) is 0 Å². The average molecular weight is 349 g/mol. The molecule has 2 atom stereocenters. The zero-order valence-corrected chi connectivity index (χ0v) is 14.9. The zero-order valence-electron chi connectivity index (χ0n) is 14.9. The zero-order chi connectivity index (χ0) is 17.7. The first-order chi connectivity index (χ1) is 12.7. The Bertz CT molecular complexity index is 953. The SMILES string of the molecule is C[C@@H]1C[C@H]1c1ccc(CN(C(=O)Cc2c[nH]c3ncccc23)C2CC2)o1. The van der Waals surface area contributed by atoms with Crippen molar-refractivity contribution in [1.29, 1.82) is 0 Å². The predicted octanol–water partition coefficient (Wildman–Crippen LogP) is 4.01. The van der Waals surface area contributed by atoms with Gasteiger partial charge in [0.05, 0.1) is 13.0 Å². The van der Waals surface area contributed by atoms with Crippen LogP contribution < -0.4 is 0 Å². The number of nitrogens with zero attached hydrogens (tertiary/aromatic N) is 2. The maximum absolute atomic E-state index is 13.0. The Labute approximate surface area is 152 Å². The summed E-state index contributed by atoms with van der Waals surface area (Å²) in [6.45, 7) is 2.83. The smallest absolute Gasteiger partial charge is 0.227 e. The fourth-order valence-electron chi connectivity index (χ4n) is 3.80. The van der Waals surface area contributed by atoms with Gasteiger partial charge in [-0.2, -0.15) is 0 Å². The van der Waals surface area contributed by atoms with Crippen molar-refractivity contribution in [1.82, 2.24) is 14.9 Å². The second-order valence-electron chi connectivity index (χ2n) is 7.77. The summed E-state index contributed by atoms with van der Waals surface area (Å²) in [5.41, 5.74) is 1.85. The third-order valence-electron chi connectivity index (χ3n) is 5.67. The summed E-state index contributed by atoms with van der Waals surface area (Å²) < 4.78 is 6.03. The van der Waals surface area contributed by atoms with Crippen LogP contribution in [0.2, 0.25) is 0 Å². The van der Waals surface area contributed by atoms with Crippen LogP contribution in [-0.4, -0.2) is 26.8 Å². The molecular formula is C21H23N3O2. The molecule has 0 aliphatic heterocycles. The molecule has 5 heteroatoms. The molecule has 5 nitrogen and oxygen atoms in total. The number of carbonyl (C=O) groups excluding carboxylic acids is 1. The molecule has 26 heavy (non-hydrogen) atoms. The van der Waals surface area contributed by atoms with Crippen LogP contribution in [0.4, 0.5) is 0 Å². The summed E-state index contributed by atoms with van der Waals surface area (Å²) in [6.07, 6.45) is 7.46. The minimum atomic E-state index is 0.162. The molecule has 2 fully saturated rings. The van der Waals surface area contributed by atoms with Crippen LogP contribution in [0.1, 0.15) is 49.2 Å². The summed E-state index contributed by atoms with van der Waals surface area (Å²) in [4.78, 5) is 22.4. The number of pyridine rings is 1. The molecule has 5 rings (SSSR count). The van der Waals surface area contributed by atoms with Crippen LogP contribution in [0.25, 0.3) is 11.0 Å². The van der Waals surface area contributed by atoms with Crippen molar-refractivity contribution >= 4 is 16.9 Å². The van der Waals surface area contributed by atoms with Gasteiger partial charge < -0.3 is 14.3 Å². The first-order valence-electron chi connectivity index (χ1n) is 9.48. The van der Waals surface area contributed by atoms with E-state index in [0.717, 1.165) is 46.9 Å². The maximum Gasteiger partial charge on any atom is 0.227 e. The third-order valence-corrected chi connectivity index (χ3v) is 5.67. The molecule has 0 spiro atoms. The molecule has 0 saturated heterocycles.